The molecule has 0 aliphatic rings. The molecule has 2 aromatic carbocycles. The third kappa shape index (κ3) is 3.81. The zero-order valence-electron chi connectivity index (χ0n) is 13.5. The molecule has 0 unspecified atom stereocenters. The number of aromatic nitrogens is 2. The van der Waals surface area contributed by atoms with E-state index in [2.05, 4.69) is 10.4 Å². The van der Waals surface area contributed by atoms with Crippen molar-refractivity contribution in [2.75, 3.05) is 13.7 Å². The highest BCUT2D eigenvalue weighted by atomic mass is 16.5. The number of ether oxygens (including phenoxy) is 1. The van der Waals surface area contributed by atoms with Crippen LogP contribution in [-0.2, 0) is 6.42 Å². The van der Waals surface area contributed by atoms with Crippen molar-refractivity contribution in [2.24, 2.45) is 0 Å². The van der Waals surface area contributed by atoms with Crippen LogP contribution in [0.15, 0.2) is 67.0 Å². The molecule has 0 saturated heterocycles. The highest BCUT2D eigenvalue weighted by molar-refractivity contribution is 5.94. The summed E-state index contributed by atoms with van der Waals surface area (Å²) in [6, 6.07) is 17.0. The van der Waals surface area contributed by atoms with Gasteiger partial charge in [-0.15, -0.1) is 0 Å². The van der Waals surface area contributed by atoms with E-state index in [1.54, 1.807) is 31.4 Å². The van der Waals surface area contributed by atoms with Gasteiger partial charge >= 0.3 is 0 Å². The van der Waals surface area contributed by atoms with Gasteiger partial charge in [0.2, 0.25) is 0 Å². The largest absolute Gasteiger partial charge is 0.497 e. The fraction of sp³-hybridized carbons (Fsp3) is 0.158. The molecule has 122 valence electrons. The van der Waals surface area contributed by atoms with Gasteiger partial charge in [0.15, 0.2) is 0 Å². The van der Waals surface area contributed by atoms with Crippen LogP contribution in [0, 0.1) is 0 Å². The van der Waals surface area contributed by atoms with Crippen LogP contribution >= 0.6 is 0 Å². The Kier molecular flexibility index (Phi) is 4.91. The second-order valence-corrected chi connectivity index (χ2v) is 5.36. The molecular formula is C19H19N3O2. The van der Waals surface area contributed by atoms with Crippen molar-refractivity contribution in [3.05, 3.63) is 78.1 Å². The van der Waals surface area contributed by atoms with Crippen LogP contribution in [-0.4, -0.2) is 29.3 Å². The minimum Gasteiger partial charge on any atom is -0.497 e. The molecule has 0 bridgehead atoms. The summed E-state index contributed by atoms with van der Waals surface area (Å²) in [6.45, 7) is 0.561. The fourth-order valence-electron chi connectivity index (χ4n) is 2.38. The number of benzene rings is 2. The molecule has 1 heterocycles. The van der Waals surface area contributed by atoms with Gasteiger partial charge < -0.3 is 10.1 Å². The Hall–Kier alpha value is -3.08. The number of methoxy groups -OCH3 is 1. The van der Waals surface area contributed by atoms with E-state index < -0.39 is 0 Å². The average molecular weight is 321 g/mol. The van der Waals surface area contributed by atoms with Crippen LogP contribution in [0.5, 0.6) is 5.75 Å². The standard InChI is InChI=1S/C19H19N3O2/c1-24-18-9-7-16(8-10-18)19(23)20-12-11-15-13-21-22(14-15)17-5-3-2-4-6-17/h2-10,13-14H,11-12H2,1H3,(H,20,23). The second-order valence-electron chi connectivity index (χ2n) is 5.36. The lowest BCUT2D eigenvalue weighted by atomic mass is 10.2. The van der Waals surface area contributed by atoms with Gasteiger partial charge in [0.25, 0.3) is 5.91 Å². The molecule has 0 radical (unpaired) electrons. The van der Waals surface area contributed by atoms with E-state index in [-0.39, 0.29) is 5.91 Å². The first-order chi connectivity index (χ1) is 11.8. The molecule has 5 heteroatoms. The van der Waals surface area contributed by atoms with Crippen LogP contribution in [0.3, 0.4) is 0 Å². The summed E-state index contributed by atoms with van der Waals surface area (Å²) in [4.78, 5) is 12.1. The molecule has 24 heavy (non-hydrogen) atoms. The van der Waals surface area contributed by atoms with Crippen molar-refractivity contribution in [3.8, 4) is 11.4 Å². The van der Waals surface area contributed by atoms with Crippen LogP contribution in [0.25, 0.3) is 5.69 Å². The zero-order chi connectivity index (χ0) is 16.8. The lowest BCUT2D eigenvalue weighted by molar-refractivity contribution is 0.0954. The van der Waals surface area contributed by atoms with Crippen LogP contribution < -0.4 is 10.1 Å². The maximum absolute atomic E-state index is 12.1. The van der Waals surface area contributed by atoms with Crippen LogP contribution in [0.4, 0.5) is 0 Å². The lowest BCUT2D eigenvalue weighted by Gasteiger charge is -2.05. The topological polar surface area (TPSA) is 56.1 Å². The summed E-state index contributed by atoms with van der Waals surface area (Å²) in [5.74, 6) is 0.646. The number of para-hydroxylation sites is 1. The number of hydrogen-bond donors (Lipinski definition) is 1. The first-order valence-electron chi connectivity index (χ1n) is 7.77. The van der Waals surface area contributed by atoms with Crippen molar-refractivity contribution in [1.82, 2.24) is 15.1 Å². The molecule has 3 rings (SSSR count). The minimum atomic E-state index is -0.0897. The Balaban J connectivity index is 1.53. The van der Waals surface area contributed by atoms with Crippen molar-refractivity contribution in [3.63, 3.8) is 0 Å². The van der Waals surface area contributed by atoms with E-state index in [0.29, 0.717) is 12.1 Å². The first-order valence-corrected chi connectivity index (χ1v) is 7.77. The molecule has 0 fully saturated rings. The molecule has 3 aromatic rings. The Labute approximate surface area is 140 Å². The van der Waals surface area contributed by atoms with E-state index in [1.807, 2.05) is 47.4 Å². The number of hydrogen-bond acceptors (Lipinski definition) is 3. The first kappa shape index (κ1) is 15.8. The Bertz CT molecular complexity index is 795. The van der Waals surface area contributed by atoms with Crippen molar-refractivity contribution in [2.45, 2.75) is 6.42 Å². The van der Waals surface area contributed by atoms with Crippen molar-refractivity contribution < 1.29 is 9.53 Å². The summed E-state index contributed by atoms with van der Waals surface area (Å²) in [7, 11) is 1.60. The number of carbonyl (C=O) groups excluding carboxylic acids is 1. The summed E-state index contributed by atoms with van der Waals surface area (Å²) in [5.41, 5.74) is 2.72. The van der Waals surface area contributed by atoms with E-state index in [0.717, 1.165) is 23.4 Å². The highest BCUT2D eigenvalue weighted by Gasteiger charge is 2.06. The Morgan fingerprint density at radius 1 is 1.12 bits per heavy atom. The molecule has 5 nitrogen and oxygen atoms in total. The molecule has 0 saturated carbocycles. The van der Waals surface area contributed by atoms with Gasteiger partial charge in [0, 0.05) is 18.3 Å². The number of carbonyl (C=O) groups is 1. The van der Waals surface area contributed by atoms with Gasteiger partial charge in [-0.3, -0.25) is 4.79 Å². The molecule has 0 spiro atoms. The number of nitrogens with one attached hydrogen (secondary N) is 1. The number of nitrogens with zero attached hydrogens (tertiary/aromatic N) is 2. The average Bonchev–Trinajstić information content (AvgIpc) is 3.11. The number of amides is 1. The molecule has 0 aliphatic carbocycles. The summed E-state index contributed by atoms with van der Waals surface area (Å²) >= 11 is 0. The third-order valence-electron chi connectivity index (χ3n) is 3.71. The van der Waals surface area contributed by atoms with Crippen molar-refractivity contribution in [1.29, 1.82) is 0 Å². The normalized spacial score (nSPS) is 10.4. The Morgan fingerprint density at radius 2 is 1.88 bits per heavy atom. The quantitative estimate of drug-likeness (QED) is 0.759. The SMILES string of the molecule is COc1ccc(C(=O)NCCc2cnn(-c3ccccc3)c2)cc1. The predicted octanol–water partition coefficient (Wildman–Crippen LogP) is 2.85. The third-order valence-corrected chi connectivity index (χ3v) is 3.71. The zero-order valence-corrected chi connectivity index (χ0v) is 13.5. The maximum Gasteiger partial charge on any atom is 0.251 e. The van der Waals surface area contributed by atoms with Gasteiger partial charge in [0.1, 0.15) is 5.75 Å². The van der Waals surface area contributed by atoms with Crippen LogP contribution in [0.1, 0.15) is 15.9 Å². The molecular weight excluding hydrogens is 302 g/mol. The summed E-state index contributed by atoms with van der Waals surface area (Å²) in [6.07, 6.45) is 4.54. The molecule has 0 atom stereocenters. The van der Waals surface area contributed by atoms with Crippen molar-refractivity contribution >= 4 is 5.91 Å². The maximum atomic E-state index is 12.1. The number of rotatable bonds is 6. The van der Waals surface area contributed by atoms with Gasteiger partial charge in [-0.05, 0) is 48.4 Å². The smallest absolute Gasteiger partial charge is 0.251 e. The second kappa shape index (κ2) is 7.46. The molecule has 1 amide bonds. The molecule has 1 aromatic heterocycles. The fourth-order valence-corrected chi connectivity index (χ4v) is 2.38. The predicted molar refractivity (Wildman–Crippen MR) is 92.6 cm³/mol. The van der Waals surface area contributed by atoms with Crippen LogP contribution in [0.2, 0.25) is 0 Å². The summed E-state index contributed by atoms with van der Waals surface area (Å²) < 4.78 is 6.92. The van der Waals surface area contributed by atoms with Gasteiger partial charge in [-0.25, -0.2) is 4.68 Å². The lowest BCUT2D eigenvalue weighted by Crippen LogP contribution is -2.25. The van der Waals surface area contributed by atoms with Gasteiger partial charge in [-0.1, -0.05) is 18.2 Å². The summed E-state index contributed by atoms with van der Waals surface area (Å²) in [5, 5.41) is 7.27. The molecule has 1 N–H and O–H groups in total. The Morgan fingerprint density at radius 3 is 2.58 bits per heavy atom. The van der Waals surface area contributed by atoms with E-state index in [1.165, 1.54) is 0 Å². The highest BCUT2D eigenvalue weighted by Crippen LogP contribution is 2.11. The monoisotopic (exact) mass is 321 g/mol. The van der Waals surface area contributed by atoms with E-state index >= 15 is 0 Å². The van der Waals surface area contributed by atoms with E-state index in [9.17, 15) is 4.79 Å². The minimum absolute atomic E-state index is 0.0897. The molecule has 0 aliphatic heterocycles. The van der Waals surface area contributed by atoms with Gasteiger partial charge in [-0.2, -0.15) is 5.10 Å². The van der Waals surface area contributed by atoms with E-state index in [4.69, 9.17) is 4.74 Å². The van der Waals surface area contributed by atoms with Gasteiger partial charge in [0.05, 0.1) is 19.0 Å².